The molecule has 0 aliphatic heterocycles. The molecule has 112 valence electrons. The lowest BCUT2D eigenvalue weighted by Crippen LogP contribution is -2.09. The van der Waals surface area contributed by atoms with Gasteiger partial charge in [-0.2, -0.15) is 5.10 Å². The molecule has 3 aromatic rings. The summed E-state index contributed by atoms with van der Waals surface area (Å²) in [7, 11) is 0. The number of aromatic nitrogens is 3. The number of benzene rings is 1. The predicted molar refractivity (Wildman–Crippen MR) is 84.2 cm³/mol. The number of para-hydroxylation sites is 1. The lowest BCUT2D eigenvalue weighted by molar-refractivity contribution is 0.0689. The van der Waals surface area contributed by atoms with Crippen molar-refractivity contribution in [1.29, 1.82) is 0 Å². The van der Waals surface area contributed by atoms with E-state index in [0.29, 0.717) is 0 Å². The van der Waals surface area contributed by atoms with Crippen molar-refractivity contribution >= 4 is 16.9 Å². The second kappa shape index (κ2) is 4.73. The van der Waals surface area contributed by atoms with Crippen molar-refractivity contribution in [1.82, 2.24) is 14.8 Å². The Morgan fingerprint density at radius 1 is 1.32 bits per heavy atom. The van der Waals surface area contributed by atoms with Gasteiger partial charge in [0.25, 0.3) is 0 Å². The fourth-order valence-electron chi connectivity index (χ4n) is 3.59. The summed E-state index contributed by atoms with van der Waals surface area (Å²) in [5, 5.41) is 17.6. The molecule has 0 fully saturated rings. The summed E-state index contributed by atoms with van der Waals surface area (Å²) in [4.78, 5) is 11.4. The molecule has 0 unspecified atom stereocenters. The fraction of sp³-hybridized carbons (Fsp3) is 0.294. The third-order valence-corrected chi connectivity index (χ3v) is 4.45. The zero-order chi connectivity index (χ0) is 15.3. The highest BCUT2D eigenvalue weighted by Gasteiger charge is 2.29. The summed E-state index contributed by atoms with van der Waals surface area (Å²) in [6.45, 7) is 3.06. The zero-order valence-electron chi connectivity index (χ0n) is 12.4. The minimum atomic E-state index is -0.935. The average molecular weight is 295 g/mol. The van der Waals surface area contributed by atoms with Crippen LogP contribution in [0.4, 0.5) is 0 Å². The van der Waals surface area contributed by atoms with E-state index in [2.05, 4.69) is 39.9 Å². The van der Waals surface area contributed by atoms with Gasteiger partial charge >= 0.3 is 5.97 Å². The van der Waals surface area contributed by atoms with E-state index in [1.54, 1.807) is 0 Å². The van der Waals surface area contributed by atoms with Gasteiger partial charge in [0.2, 0.25) is 0 Å². The highest BCUT2D eigenvalue weighted by atomic mass is 16.4. The number of fused-ring (bicyclic) bond motifs is 5. The summed E-state index contributed by atoms with van der Waals surface area (Å²) in [5.74, 6) is -0.935. The van der Waals surface area contributed by atoms with Crippen molar-refractivity contribution in [3.63, 3.8) is 0 Å². The molecule has 1 aliphatic carbocycles. The topological polar surface area (TPSA) is 70.9 Å². The second-order valence-corrected chi connectivity index (χ2v) is 5.73. The molecule has 0 radical (unpaired) electrons. The SMILES string of the molecule is CCCn1c2c(c3ccccc31)CCc1c-2n[nH]c1C(=O)O. The van der Waals surface area contributed by atoms with Gasteiger partial charge in [0.05, 0.1) is 5.69 Å². The molecular formula is C17H17N3O2. The van der Waals surface area contributed by atoms with Crippen molar-refractivity contribution in [3.05, 3.63) is 41.1 Å². The Balaban J connectivity index is 2.05. The summed E-state index contributed by atoms with van der Waals surface area (Å²) in [6.07, 6.45) is 2.61. The molecular weight excluding hydrogens is 278 g/mol. The molecule has 2 aromatic heterocycles. The van der Waals surface area contributed by atoms with Crippen LogP contribution >= 0.6 is 0 Å². The van der Waals surface area contributed by atoms with Crippen LogP contribution in [-0.4, -0.2) is 25.8 Å². The Hall–Kier alpha value is -2.56. The van der Waals surface area contributed by atoms with Crippen LogP contribution < -0.4 is 0 Å². The van der Waals surface area contributed by atoms with Crippen molar-refractivity contribution in [2.24, 2.45) is 0 Å². The van der Waals surface area contributed by atoms with Crippen molar-refractivity contribution < 1.29 is 9.90 Å². The van der Waals surface area contributed by atoms with Crippen LogP contribution in [0.2, 0.25) is 0 Å². The molecule has 0 atom stereocenters. The fourth-order valence-corrected chi connectivity index (χ4v) is 3.59. The summed E-state index contributed by atoms with van der Waals surface area (Å²) < 4.78 is 2.29. The van der Waals surface area contributed by atoms with E-state index in [1.807, 2.05) is 6.07 Å². The number of hydrogen-bond donors (Lipinski definition) is 2. The van der Waals surface area contributed by atoms with E-state index >= 15 is 0 Å². The Labute approximate surface area is 127 Å². The molecule has 5 heteroatoms. The zero-order valence-corrected chi connectivity index (χ0v) is 12.4. The van der Waals surface area contributed by atoms with Gasteiger partial charge in [0, 0.05) is 23.0 Å². The molecule has 1 aromatic carbocycles. The summed E-state index contributed by atoms with van der Waals surface area (Å²) in [6, 6.07) is 8.39. The van der Waals surface area contributed by atoms with Gasteiger partial charge in [-0.05, 0) is 30.9 Å². The Bertz CT molecular complexity index is 889. The van der Waals surface area contributed by atoms with Crippen LogP contribution in [0.25, 0.3) is 22.3 Å². The summed E-state index contributed by atoms with van der Waals surface area (Å²) in [5.41, 5.74) is 5.47. The monoisotopic (exact) mass is 295 g/mol. The van der Waals surface area contributed by atoms with Crippen LogP contribution in [0.15, 0.2) is 24.3 Å². The molecule has 0 spiro atoms. The lowest BCUT2D eigenvalue weighted by atomic mass is 9.92. The Kier molecular flexibility index (Phi) is 2.82. The third-order valence-electron chi connectivity index (χ3n) is 4.45. The first-order valence-electron chi connectivity index (χ1n) is 7.63. The van der Waals surface area contributed by atoms with Gasteiger partial charge in [-0.3, -0.25) is 5.10 Å². The van der Waals surface area contributed by atoms with Crippen molar-refractivity contribution in [2.75, 3.05) is 0 Å². The lowest BCUT2D eigenvalue weighted by Gasteiger charge is -2.15. The smallest absolute Gasteiger partial charge is 0.354 e. The van der Waals surface area contributed by atoms with Crippen LogP contribution in [-0.2, 0) is 19.4 Å². The Morgan fingerprint density at radius 2 is 2.09 bits per heavy atom. The maximum absolute atomic E-state index is 11.4. The van der Waals surface area contributed by atoms with E-state index in [-0.39, 0.29) is 5.69 Å². The number of hydrogen-bond acceptors (Lipinski definition) is 2. The van der Waals surface area contributed by atoms with Gasteiger partial charge in [0.1, 0.15) is 11.4 Å². The number of aryl methyl sites for hydroxylation is 2. The van der Waals surface area contributed by atoms with E-state index in [0.717, 1.165) is 42.8 Å². The first-order chi connectivity index (χ1) is 10.7. The van der Waals surface area contributed by atoms with E-state index in [4.69, 9.17) is 0 Å². The molecule has 0 saturated heterocycles. The molecule has 22 heavy (non-hydrogen) atoms. The predicted octanol–water partition coefficient (Wildman–Crippen LogP) is 3.24. The maximum atomic E-state index is 11.4. The molecule has 4 rings (SSSR count). The number of H-pyrrole nitrogens is 1. The molecule has 0 bridgehead atoms. The molecule has 2 heterocycles. The number of aromatic amines is 1. The van der Waals surface area contributed by atoms with Crippen molar-refractivity contribution in [3.8, 4) is 11.4 Å². The highest BCUT2D eigenvalue weighted by molar-refractivity contribution is 5.95. The number of nitrogens with zero attached hydrogens (tertiary/aromatic N) is 2. The van der Waals surface area contributed by atoms with E-state index in [1.165, 1.54) is 16.5 Å². The third kappa shape index (κ3) is 1.65. The minimum Gasteiger partial charge on any atom is -0.477 e. The minimum absolute atomic E-state index is 0.231. The van der Waals surface area contributed by atoms with Gasteiger partial charge < -0.3 is 9.67 Å². The summed E-state index contributed by atoms with van der Waals surface area (Å²) >= 11 is 0. The Morgan fingerprint density at radius 3 is 2.86 bits per heavy atom. The number of nitrogens with one attached hydrogen (secondary N) is 1. The maximum Gasteiger partial charge on any atom is 0.354 e. The van der Waals surface area contributed by atoms with E-state index in [9.17, 15) is 9.90 Å². The standard InChI is InChI=1S/C17H17N3O2/c1-2-9-20-13-6-4-3-5-10(13)11-7-8-12-14(16(11)20)18-19-15(12)17(21)22/h3-6H,2,7-9H2,1H3,(H,18,19)(H,21,22). The van der Waals surface area contributed by atoms with E-state index < -0.39 is 5.97 Å². The second-order valence-electron chi connectivity index (χ2n) is 5.73. The van der Waals surface area contributed by atoms with Crippen LogP contribution in [0.1, 0.15) is 35.0 Å². The first-order valence-corrected chi connectivity index (χ1v) is 7.63. The number of rotatable bonds is 3. The highest BCUT2D eigenvalue weighted by Crippen LogP contribution is 2.40. The van der Waals surface area contributed by atoms with Crippen LogP contribution in [0.5, 0.6) is 0 Å². The van der Waals surface area contributed by atoms with Crippen LogP contribution in [0, 0.1) is 0 Å². The van der Waals surface area contributed by atoms with Gasteiger partial charge in [0.15, 0.2) is 0 Å². The molecule has 0 saturated carbocycles. The first kappa shape index (κ1) is 13.1. The molecule has 0 amide bonds. The molecule has 2 N–H and O–H groups in total. The number of aromatic carboxylic acids is 1. The quantitative estimate of drug-likeness (QED) is 0.779. The normalized spacial score (nSPS) is 13.1. The van der Waals surface area contributed by atoms with Crippen LogP contribution in [0.3, 0.4) is 0 Å². The number of carboxylic acid groups (broad SMARTS) is 1. The average Bonchev–Trinajstić information content (AvgIpc) is 3.08. The van der Waals surface area contributed by atoms with Gasteiger partial charge in [-0.25, -0.2) is 4.79 Å². The number of carbonyl (C=O) groups is 1. The van der Waals surface area contributed by atoms with Crippen molar-refractivity contribution in [2.45, 2.75) is 32.7 Å². The molecule has 5 nitrogen and oxygen atoms in total. The molecule has 1 aliphatic rings. The van der Waals surface area contributed by atoms with Gasteiger partial charge in [-0.15, -0.1) is 0 Å². The largest absolute Gasteiger partial charge is 0.477 e. The van der Waals surface area contributed by atoms with Gasteiger partial charge in [-0.1, -0.05) is 25.1 Å². The number of carboxylic acids is 1.